The quantitative estimate of drug-likeness (QED) is 0.803. The number of rotatable bonds is 2. The summed E-state index contributed by atoms with van der Waals surface area (Å²) in [7, 11) is 0. The summed E-state index contributed by atoms with van der Waals surface area (Å²) in [6.45, 7) is 7.55. The van der Waals surface area contributed by atoms with Gasteiger partial charge in [-0.2, -0.15) is 4.98 Å². The fourth-order valence-electron chi connectivity index (χ4n) is 2.35. The average molecular weight is 238 g/mol. The van der Waals surface area contributed by atoms with Crippen molar-refractivity contribution in [1.82, 2.24) is 15.5 Å². The van der Waals surface area contributed by atoms with E-state index >= 15 is 0 Å². The third-order valence-electron chi connectivity index (χ3n) is 3.31. The number of hydrogen-bond acceptors (Lipinski definition) is 6. The van der Waals surface area contributed by atoms with Crippen molar-refractivity contribution in [3.8, 4) is 0 Å². The number of nitrogens with zero attached hydrogens (tertiary/aromatic N) is 3. The van der Waals surface area contributed by atoms with Crippen LogP contribution in [0.5, 0.6) is 0 Å². The van der Waals surface area contributed by atoms with Crippen LogP contribution in [0.1, 0.15) is 25.7 Å². The summed E-state index contributed by atoms with van der Waals surface area (Å²) in [5.74, 6) is 1.66. The standard InChI is InChI=1S/C11H18N4O2/c1-7(2)10-13-11(14-17-10)15-5-8-9(6-15)16-4-3-12-8/h7-9,12H,3-6H2,1-2H3/t8-,9-/m0/s1. The van der Waals surface area contributed by atoms with E-state index in [2.05, 4.69) is 20.4 Å². The van der Waals surface area contributed by atoms with Crippen LogP contribution in [0, 0.1) is 0 Å². The van der Waals surface area contributed by atoms with E-state index < -0.39 is 0 Å². The topological polar surface area (TPSA) is 63.4 Å². The van der Waals surface area contributed by atoms with Crippen LogP contribution in [-0.2, 0) is 4.74 Å². The maximum atomic E-state index is 5.72. The van der Waals surface area contributed by atoms with Gasteiger partial charge in [0.1, 0.15) is 0 Å². The first kappa shape index (κ1) is 11.0. The molecule has 0 aliphatic carbocycles. The van der Waals surface area contributed by atoms with Crippen molar-refractivity contribution < 1.29 is 9.26 Å². The summed E-state index contributed by atoms with van der Waals surface area (Å²) in [5.41, 5.74) is 0. The molecule has 0 bridgehead atoms. The largest absolute Gasteiger partial charge is 0.373 e. The zero-order chi connectivity index (χ0) is 11.8. The summed E-state index contributed by atoms with van der Waals surface area (Å²) in [5, 5.41) is 7.49. The van der Waals surface area contributed by atoms with Crippen LogP contribution in [0.4, 0.5) is 5.95 Å². The fraction of sp³-hybridized carbons (Fsp3) is 0.818. The van der Waals surface area contributed by atoms with E-state index in [9.17, 15) is 0 Å². The van der Waals surface area contributed by atoms with Gasteiger partial charge in [0.05, 0.1) is 18.8 Å². The Labute approximate surface area is 100 Å². The van der Waals surface area contributed by atoms with Gasteiger partial charge in [-0.3, -0.25) is 0 Å². The molecule has 2 fully saturated rings. The van der Waals surface area contributed by atoms with Gasteiger partial charge in [0.15, 0.2) is 0 Å². The molecule has 2 atom stereocenters. The van der Waals surface area contributed by atoms with Gasteiger partial charge in [-0.1, -0.05) is 13.8 Å². The molecule has 0 spiro atoms. The molecule has 0 unspecified atom stereocenters. The number of ether oxygens (including phenoxy) is 1. The average Bonchev–Trinajstić information content (AvgIpc) is 2.95. The minimum atomic E-state index is 0.254. The summed E-state index contributed by atoms with van der Waals surface area (Å²) in [6.07, 6.45) is 0.254. The first-order valence-corrected chi connectivity index (χ1v) is 6.17. The molecule has 2 aliphatic rings. The van der Waals surface area contributed by atoms with Crippen molar-refractivity contribution in [2.75, 3.05) is 31.1 Å². The number of morpholine rings is 1. The molecule has 17 heavy (non-hydrogen) atoms. The Morgan fingerprint density at radius 1 is 1.41 bits per heavy atom. The zero-order valence-corrected chi connectivity index (χ0v) is 10.2. The molecule has 6 nitrogen and oxygen atoms in total. The molecule has 2 saturated heterocycles. The van der Waals surface area contributed by atoms with Crippen LogP contribution in [0.3, 0.4) is 0 Å². The van der Waals surface area contributed by atoms with E-state index in [0.717, 1.165) is 26.2 Å². The third kappa shape index (κ3) is 2.02. The van der Waals surface area contributed by atoms with E-state index in [-0.39, 0.29) is 12.0 Å². The van der Waals surface area contributed by atoms with Gasteiger partial charge in [0.2, 0.25) is 5.89 Å². The smallest absolute Gasteiger partial charge is 0.266 e. The first-order valence-electron chi connectivity index (χ1n) is 6.17. The van der Waals surface area contributed by atoms with Gasteiger partial charge in [0.25, 0.3) is 5.95 Å². The highest BCUT2D eigenvalue weighted by Gasteiger charge is 2.37. The van der Waals surface area contributed by atoms with Crippen molar-refractivity contribution in [2.45, 2.75) is 31.9 Å². The van der Waals surface area contributed by atoms with Crippen molar-refractivity contribution in [3.05, 3.63) is 5.89 Å². The Kier molecular flexibility index (Phi) is 2.76. The Balaban J connectivity index is 1.72. The second-order valence-corrected chi connectivity index (χ2v) is 4.96. The van der Waals surface area contributed by atoms with Crippen molar-refractivity contribution in [3.63, 3.8) is 0 Å². The van der Waals surface area contributed by atoms with Crippen LogP contribution in [0.15, 0.2) is 4.52 Å². The molecule has 1 aromatic heterocycles. The lowest BCUT2D eigenvalue weighted by Crippen LogP contribution is -2.47. The third-order valence-corrected chi connectivity index (χ3v) is 3.31. The maximum absolute atomic E-state index is 5.72. The van der Waals surface area contributed by atoms with Gasteiger partial charge < -0.3 is 19.5 Å². The van der Waals surface area contributed by atoms with E-state index in [0.29, 0.717) is 17.9 Å². The highest BCUT2D eigenvalue weighted by atomic mass is 16.5. The molecule has 3 rings (SSSR count). The molecule has 3 heterocycles. The minimum Gasteiger partial charge on any atom is -0.373 e. The van der Waals surface area contributed by atoms with Crippen LogP contribution >= 0.6 is 0 Å². The lowest BCUT2D eigenvalue weighted by molar-refractivity contribution is 0.0212. The fourth-order valence-corrected chi connectivity index (χ4v) is 2.35. The van der Waals surface area contributed by atoms with Crippen molar-refractivity contribution in [1.29, 1.82) is 0 Å². The predicted octanol–water partition coefficient (Wildman–Crippen LogP) is 0.370. The molecular weight excluding hydrogens is 220 g/mol. The van der Waals surface area contributed by atoms with E-state index in [1.807, 2.05) is 13.8 Å². The van der Waals surface area contributed by atoms with E-state index in [1.165, 1.54) is 0 Å². The number of hydrogen-bond donors (Lipinski definition) is 1. The minimum absolute atomic E-state index is 0.254. The van der Waals surface area contributed by atoms with E-state index in [4.69, 9.17) is 9.26 Å². The number of nitrogens with one attached hydrogen (secondary N) is 1. The summed E-state index contributed by atoms with van der Waals surface area (Å²) in [4.78, 5) is 6.54. The summed E-state index contributed by atoms with van der Waals surface area (Å²) in [6, 6.07) is 0.393. The Hall–Kier alpha value is -1.14. The van der Waals surface area contributed by atoms with E-state index in [1.54, 1.807) is 0 Å². The van der Waals surface area contributed by atoms with Crippen molar-refractivity contribution >= 4 is 5.95 Å². The summed E-state index contributed by atoms with van der Waals surface area (Å²) < 4.78 is 10.9. The van der Waals surface area contributed by atoms with Crippen molar-refractivity contribution in [2.24, 2.45) is 0 Å². The maximum Gasteiger partial charge on any atom is 0.266 e. The SMILES string of the molecule is CC(C)c1nc(N2C[C@@H]3NCCO[C@H]3C2)no1. The number of anilines is 1. The van der Waals surface area contributed by atoms with Gasteiger partial charge in [-0.05, 0) is 5.16 Å². The Morgan fingerprint density at radius 3 is 3.00 bits per heavy atom. The first-order chi connectivity index (χ1) is 8.24. The number of fused-ring (bicyclic) bond motifs is 1. The van der Waals surface area contributed by atoms with Crippen LogP contribution in [0.2, 0.25) is 0 Å². The summed E-state index contributed by atoms with van der Waals surface area (Å²) >= 11 is 0. The predicted molar refractivity (Wildman–Crippen MR) is 62.1 cm³/mol. The zero-order valence-electron chi connectivity index (χ0n) is 10.2. The molecule has 0 amide bonds. The molecule has 94 valence electrons. The monoisotopic (exact) mass is 238 g/mol. The second-order valence-electron chi connectivity index (χ2n) is 4.96. The highest BCUT2D eigenvalue weighted by Crippen LogP contribution is 2.22. The molecule has 0 aromatic carbocycles. The van der Waals surface area contributed by atoms with Crippen LogP contribution in [0.25, 0.3) is 0 Å². The molecule has 1 N–H and O–H groups in total. The van der Waals surface area contributed by atoms with Gasteiger partial charge in [0, 0.05) is 25.6 Å². The highest BCUT2D eigenvalue weighted by molar-refractivity contribution is 5.32. The molecule has 1 aromatic rings. The molecule has 0 radical (unpaired) electrons. The molecule has 2 aliphatic heterocycles. The second kappa shape index (κ2) is 4.27. The number of aromatic nitrogens is 2. The van der Waals surface area contributed by atoms with Crippen LogP contribution < -0.4 is 10.2 Å². The normalized spacial score (nSPS) is 28.8. The lowest BCUT2D eigenvalue weighted by Gasteiger charge is -2.25. The van der Waals surface area contributed by atoms with Gasteiger partial charge in [-0.15, -0.1) is 0 Å². The van der Waals surface area contributed by atoms with Gasteiger partial charge >= 0.3 is 0 Å². The molecular formula is C11H18N4O2. The Morgan fingerprint density at radius 2 is 2.29 bits per heavy atom. The lowest BCUT2D eigenvalue weighted by atomic mass is 10.2. The molecule has 0 saturated carbocycles. The Bertz CT molecular complexity index is 379. The van der Waals surface area contributed by atoms with Crippen LogP contribution in [-0.4, -0.2) is 48.5 Å². The molecule has 6 heteroatoms. The van der Waals surface area contributed by atoms with Gasteiger partial charge in [-0.25, -0.2) is 0 Å².